The number of imidazole rings is 1. The molecule has 0 bridgehead atoms. The average molecular weight is 258 g/mol. The van der Waals surface area contributed by atoms with E-state index in [1.807, 2.05) is 6.07 Å². The molecule has 1 aliphatic rings. The smallest absolute Gasteiger partial charge is 0.358 e. The van der Waals surface area contributed by atoms with Gasteiger partial charge >= 0.3 is 5.82 Å². The van der Waals surface area contributed by atoms with E-state index in [0.29, 0.717) is 5.82 Å². The molecule has 0 unspecified atom stereocenters. The zero-order valence-electron chi connectivity index (χ0n) is 10.6. The molecule has 1 aromatic carbocycles. The summed E-state index contributed by atoms with van der Waals surface area (Å²) in [6, 6.07) is 6.12. The Bertz CT molecular complexity index is 648. The van der Waals surface area contributed by atoms with Crippen molar-refractivity contribution in [2.75, 3.05) is 5.32 Å². The fourth-order valence-corrected chi connectivity index (χ4v) is 2.48. The van der Waals surface area contributed by atoms with E-state index in [9.17, 15) is 10.1 Å². The molecule has 1 N–H and O–H groups in total. The molecule has 0 fully saturated rings. The van der Waals surface area contributed by atoms with Gasteiger partial charge in [-0.3, -0.25) is 4.57 Å². The Morgan fingerprint density at radius 1 is 1.37 bits per heavy atom. The van der Waals surface area contributed by atoms with Crippen LogP contribution in [-0.4, -0.2) is 14.5 Å². The molecule has 0 atom stereocenters. The fourth-order valence-electron chi connectivity index (χ4n) is 2.48. The molecule has 1 heterocycles. The van der Waals surface area contributed by atoms with E-state index in [2.05, 4.69) is 22.4 Å². The van der Waals surface area contributed by atoms with E-state index in [0.717, 1.165) is 18.5 Å². The van der Waals surface area contributed by atoms with Crippen molar-refractivity contribution in [3.05, 3.63) is 45.8 Å². The van der Waals surface area contributed by atoms with Crippen LogP contribution in [0.4, 0.5) is 17.3 Å². The molecule has 19 heavy (non-hydrogen) atoms. The molecule has 0 spiro atoms. The summed E-state index contributed by atoms with van der Waals surface area (Å²) in [6.45, 7) is 0. The van der Waals surface area contributed by atoms with Gasteiger partial charge in [-0.25, -0.2) is 0 Å². The maximum Gasteiger partial charge on any atom is 0.406 e. The first-order chi connectivity index (χ1) is 9.15. The summed E-state index contributed by atoms with van der Waals surface area (Å²) in [6.07, 6.45) is 4.83. The Labute approximate surface area is 110 Å². The molecule has 0 aliphatic heterocycles. The summed E-state index contributed by atoms with van der Waals surface area (Å²) >= 11 is 0. The highest BCUT2D eigenvalue weighted by atomic mass is 16.6. The Kier molecular flexibility index (Phi) is 2.70. The maximum atomic E-state index is 10.9. The lowest BCUT2D eigenvalue weighted by Gasteiger charge is -2.08. The van der Waals surface area contributed by atoms with Gasteiger partial charge in [0.25, 0.3) is 0 Å². The number of fused-ring (bicyclic) bond motifs is 1. The predicted octanol–water partition coefficient (Wildman–Crippen LogP) is 2.56. The van der Waals surface area contributed by atoms with Crippen LogP contribution in [0.1, 0.15) is 17.5 Å². The topological polar surface area (TPSA) is 73.0 Å². The summed E-state index contributed by atoms with van der Waals surface area (Å²) in [4.78, 5) is 14.2. The van der Waals surface area contributed by atoms with Crippen molar-refractivity contribution in [1.82, 2.24) is 9.55 Å². The maximum absolute atomic E-state index is 10.9. The van der Waals surface area contributed by atoms with Crippen LogP contribution in [0.5, 0.6) is 0 Å². The molecule has 1 aliphatic carbocycles. The lowest BCUT2D eigenvalue weighted by molar-refractivity contribution is -0.388. The quantitative estimate of drug-likeness (QED) is 0.678. The van der Waals surface area contributed by atoms with Gasteiger partial charge < -0.3 is 15.4 Å². The number of hydrogen-bond acceptors (Lipinski definition) is 4. The second kappa shape index (κ2) is 4.38. The highest BCUT2D eigenvalue weighted by Crippen LogP contribution is 2.29. The summed E-state index contributed by atoms with van der Waals surface area (Å²) in [7, 11) is 1.73. The van der Waals surface area contributed by atoms with E-state index >= 15 is 0 Å². The molecule has 98 valence electrons. The van der Waals surface area contributed by atoms with Gasteiger partial charge in [0.1, 0.15) is 0 Å². The van der Waals surface area contributed by atoms with Gasteiger partial charge in [-0.05, 0) is 52.4 Å². The zero-order valence-corrected chi connectivity index (χ0v) is 10.6. The molecule has 3 rings (SSSR count). The summed E-state index contributed by atoms with van der Waals surface area (Å²) < 4.78 is 1.62. The number of rotatable bonds is 3. The third-order valence-corrected chi connectivity index (χ3v) is 3.45. The van der Waals surface area contributed by atoms with Crippen LogP contribution in [-0.2, 0) is 19.9 Å². The SMILES string of the molecule is Cn1cnc([N+](=O)[O-])c1Nc1ccc2c(c1)CCC2. The molecular formula is C13H14N4O2. The minimum atomic E-state index is -0.476. The molecule has 6 heteroatoms. The Morgan fingerprint density at radius 2 is 2.16 bits per heavy atom. The summed E-state index contributed by atoms with van der Waals surface area (Å²) in [5.74, 6) is 0.256. The molecular weight excluding hydrogens is 244 g/mol. The van der Waals surface area contributed by atoms with Crippen LogP contribution in [0.3, 0.4) is 0 Å². The standard InChI is InChI=1S/C13H14N4O2/c1-16-8-14-12(17(18)19)13(16)15-11-6-5-9-3-2-4-10(9)7-11/h5-8,15H,2-4H2,1H3. The molecule has 0 radical (unpaired) electrons. The zero-order chi connectivity index (χ0) is 13.4. The molecule has 6 nitrogen and oxygen atoms in total. The van der Waals surface area contributed by atoms with Gasteiger partial charge in [0.2, 0.25) is 12.1 Å². The number of benzene rings is 1. The van der Waals surface area contributed by atoms with Crippen LogP contribution in [0.15, 0.2) is 24.5 Å². The van der Waals surface area contributed by atoms with Crippen LogP contribution in [0.25, 0.3) is 0 Å². The number of nitrogens with one attached hydrogen (secondary N) is 1. The molecule has 0 amide bonds. The second-order valence-electron chi connectivity index (χ2n) is 4.75. The lowest BCUT2D eigenvalue weighted by atomic mass is 10.1. The minimum Gasteiger partial charge on any atom is -0.358 e. The highest BCUT2D eigenvalue weighted by Gasteiger charge is 2.20. The van der Waals surface area contributed by atoms with Gasteiger partial charge in [-0.1, -0.05) is 6.07 Å². The van der Waals surface area contributed by atoms with E-state index in [1.54, 1.807) is 11.6 Å². The highest BCUT2D eigenvalue weighted by molar-refractivity contribution is 5.65. The van der Waals surface area contributed by atoms with Crippen LogP contribution in [0.2, 0.25) is 0 Å². The van der Waals surface area contributed by atoms with Crippen molar-refractivity contribution in [3.8, 4) is 0 Å². The van der Waals surface area contributed by atoms with Crippen molar-refractivity contribution in [2.24, 2.45) is 7.05 Å². The van der Waals surface area contributed by atoms with Gasteiger partial charge in [0.05, 0.1) is 0 Å². The van der Waals surface area contributed by atoms with Crippen molar-refractivity contribution in [1.29, 1.82) is 0 Å². The Hall–Kier alpha value is -2.37. The van der Waals surface area contributed by atoms with Crippen LogP contribution in [0, 0.1) is 10.1 Å². The van der Waals surface area contributed by atoms with Crippen molar-refractivity contribution in [2.45, 2.75) is 19.3 Å². The van der Waals surface area contributed by atoms with Gasteiger partial charge in [0.15, 0.2) is 0 Å². The first-order valence-electron chi connectivity index (χ1n) is 6.19. The number of hydrogen-bond donors (Lipinski definition) is 1. The number of aryl methyl sites for hydroxylation is 3. The van der Waals surface area contributed by atoms with E-state index in [4.69, 9.17) is 0 Å². The average Bonchev–Trinajstić information content (AvgIpc) is 2.97. The predicted molar refractivity (Wildman–Crippen MR) is 71.6 cm³/mol. The first-order valence-corrected chi connectivity index (χ1v) is 6.19. The Balaban J connectivity index is 1.93. The molecule has 1 aromatic heterocycles. The molecule has 0 saturated carbocycles. The van der Waals surface area contributed by atoms with Crippen LogP contribution < -0.4 is 5.32 Å². The molecule has 0 saturated heterocycles. The van der Waals surface area contributed by atoms with Crippen molar-refractivity contribution >= 4 is 17.3 Å². The number of nitrogens with zero attached hydrogens (tertiary/aromatic N) is 3. The van der Waals surface area contributed by atoms with E-state index in [-0.39, 0.29) is 5.82 Å². The number of anilines is 2. The minimum absolute atomic E-state index is 0.150. The Morgan fingerprint density at radius 3 is 2.95 bits per heavy atom. The summed E-state index contributed by atoms with van der Waals surface area (Å²) in [5.41, 5.74) is 3.58. The van der Waals surface area contributed by atoms with E-state index in [1.165, 1.54) is 23.9 Å². The van der Waals surface area contributed by atoms with Crippen molar-refractivity contribution < 1.29 is 4.92 Å². The van der Waals surface area contributed by atoms with Gasteiger partial charge in [-0.2, -0.15) is 0 Å². The second-order valence-corrected chi connectivity index (χ2v) is 4.75. The first kappa shape index (κ1) is 11.7. The van der Waals surface area contributed by atoms with Crippen LogP contribution >= 0.6 is 0 Å². The molecule has 2 aromatic rings. The third-order valence-electron chi connectivity index (χ3n) is 3.45. The summed E-state index contributed by atoms with van der Waals surface area (Å²) in [5, 5.41) is 14.0. The number of nitro groups is 1. The fraction of sp³-hybridized carbons (Fsp3) is 0.308. The van der Waals surface area contributed by atoms with E-state index < -0.39 is 4.92 Å². The lowest BCUT2D eigenvalue weighted by Crippen LogP contribution is -2.01. The largest absolute Gasteiger partial charge is 0.406 e. The third kappa shape index (κ3) is 2.05. The number of aromatic nitrogens is 2. The van der Waals surface area contributed by atoms with Gasteiger partial charge in [-0.15, -0.1) is 0 Å². The normalized spacial score (nSPS) is 13.3. The van der Waals surface area contributed by atoms with Gasteiger partial charge in [0, 0.05) is 12.7 Å². The van der Waals surface area contributed by atoms with Crippen molar-refractivity contribution in [3.63, 3.8) is 0 Å². The monoisotopic (exact) mass is 258 g/mol.